The molecule has 5 nitrogen and oxygen atoms in total. The molecule has 0 atom stereocenters. The maximum Gasteiger partial charge on any atom is 0.259 e. The molecule has 140 valence electrons. The molecule has 2 aromatic carbocycles. The summed E-state index contributed by atoms with van der Waals surface area (Å²) in [6.45, 7) is 0.563. The lowest BCUT2D eigenvalue weighted by molar-refractivity contribution is 0.0954. The van der Waals surface area contributed by atoms with Crippen LogP contribution < -0.4 is 5.32 Å². The molecule has 0 aliphatic heterocycles. The third-order valence-corrected chi connectivity index (χ3v) is 5.36. The Morgan fingerprint density at radius 2 is 1.89 bits per heavy atom. The van der Waals surface area contributed by atoms with Gasteiger partial charge in [-0.05, 0) is 54.3 Å². The molecule has 4 rings (SSSR count). The number of nitrogens with zero attached hydrogens (tertiary/aromatic N) is 2. The molecule has 0 aliphatic carbocycles. The normalized spacial score (nSPS) is 10.8. The van der Waals surface area contributed by atoms with Gasteiger partial charge >= 0.3 is 0 Å². The van der Waals surface area contributed by atoms with Crippen LogP contribution in [0.15, 0.2) is 70.6 Å². The van der Waals surface area contributed by atoms with Gasteiger partial charge in [0.1, 0.15) is 0 Å². The number of carbonyl (C=O) groups is 1. The molecule has 0 fully saturated rings. The molecule has 1 N–H and O–H groups in total. The Bertz CT molecular complexity index is 1080. The maximum atomic E-state index is 12.7. The molecule has 2 heterocycles. The molecule has 28 heavy (non-hydrogen) atoms. The number of hydrogen-bond donors (Lipinski definition) is 1. The molecular formula is C21H16ClN3O2S. The topological polar surface area (TPSA) is 68.0 Å². The first-order valence-electron chi connectivity index (χ1n) is 8.70. The molecule has 1 amide bonds. The van der Waals surface area contributed by atoms with Crippen molar-refractivity contribution in [1.29, 1.82) is 0 Å². The van der Waals surface area contributed by atoms with Crippen molar-refractivity contribution in [2.75, 3.05) is 6.54 Å². The Labute approximate surface area is 171 Å². The van der Waals surface area contributed by atoms with Crippen molar-refractivity contribution in [3.8, 4) is 22.8 Å². The number of aromatic nitrogens is 2. The molecule has 0 aliphatic rings. The molecule has 0 spiro atoms. The van der Waals surface area contributed by atoms with Crippen molar-refractivity contribution in [2.24, 2.45) is 0 Å². The lowest BCUT2D eigenvalue weighted by Gasteiger charge is -2.07. The van der Waals surface area contributed by atoms with Crippen molar-refractivity contribution < 1.29 is 9.32 Å². The maximum absolute atomic E-state index is 12.7. The van der Waals surface area contributed by atoms with E-state index >= 15 is 0 Å². The molecule has 7 heteroatoms. The Morgan fingerprint density at radius 1 is 1.07 bits per heavy atom. The smallest absolute Gasteiger partial charge is 0.259 e. The zero-order chi connectivity index (χ0) is 19.3. The highest BCUT2D eigenvalue weighted by Crippen LogP contribution is 2.26. The molecule has 0 bridgehead atoms. The lowest BCUT2D eigenvalue weighted by Crippen LogP contribution is -2.26. The minimum Gasteiger partial charge on any atom is -0.352 e. The summed E-state index contributed by atoms with van der Waals surface area (Å²) in [5.74, 6) is 0.576. The average molecular weight is 410 g/mol. The van der Waals surface area contributed by atoms with Crippen molar-refractivity contribution in [2.45, 2.75) is 6.42 Å². The Hall–Kier alpha value is -2.96. The predicted octanol–water partition coefficient (Wildman–Crippen LogP) is 5.09. The summed E-state index contributed by atoms with van der Waals surface area (Å²) >= 11 is 7.60. The van der Waals surface area contributed by atoms with Gasteiger partial charge in [0.05, 0.1) is 11.1 Å². The zero-order valence-corrected chi connectivity index (χ0v) is 16.3. The highest BCUT2D eigenvalue weighted by molar-refractivity contribution is 7.09. The van der Waals surface area contributed by atoms with Crippen LogP contribution in [0.1, 0.15) is 15.2 Å². The van der Waals surface area contributed by atoms with E-state index in [4.69, 9.17) is 16.1 Å². The Kier molecular flexibility index (Phi) is 5.50. The van der Waals surface area contributed by atoms with Gasteiger partial charge < -0.3 is 9.84 Å². The van der Waals surface area contributed by atoms with Crippen LogP contribution in [0.4, 0.5) is 0 Å². The number of carbonyl (C=O) groups excluding carboxylic acids is 1. The zero-order valence-electron chi connectivity index (χ0n) is 14.8. The number of hydrogen-bond acceptors (Lipinski definition) is 5. The van der Waals surface area contributed by atoms with E-state index < -0.39 is 0 Å². The third-order valence-electron chi connectivity index (χ3n) is 4.17. The largest absolute Gasteiger partial charge is 0.352 e. The molecular weight excluding hydrogens is 394 g/mol. The second-order valence-corrected chi connectivity index (χ2v) is 7.53. The van der Waals surface area contributed by atoms with Crippen molar-refractivity contribution in [3.63, 3.8) is 0 Å². The van der Waals surface area contributed by atoms with Crippen LogP contribution in [0.25, 0.3) is 22.8 Å². The van der Waals surface area contributed by atoms with E-state index in [9.17, 15) is 4.79 Å². The minimum atomic E-state index is -0.168. The van der Waals surface area contributed by atoms with Crippen LogP contribution in [-0.2, 0) is 6.42 Å². The van der Waals surface area contributed by atoms with Gasteiger partial charge in [-0.1, -0.05) is 35.0 Å². The van der Waals surface area contributed by atoms with E-state index in [0.29, 0.717) is 34.4 Å². The molecule has 4 aromatic rings. The molecule has 0 radical (unpaired) electrons. The number of halogens is 1. The number of thiophene rings is 1. The van der Waals surface area contributed by atoms with Gasteiger partial charge in [-0.3, -0.25) is 4.79 Å². The number of rotatable bonds is 6. The highest BCUT2D eigenvalue weighted by atomic mass is 35.5. The van der Waals surface area contributed by atoms with Crippen LogP contribution in [0.2, 0.25) is 5.02 Å². The van der Waals surface area contributed by atoms with Gasteiger partial charge in [-0.15, -0.1) is 11.3 Å². The fraction of sp³-hybridized carbons (Fsp3) is 0.0952. The van der Waals surface area contributed by atoms with Gasteiger partial charge in [0, 0.05) is 22.0 Å². The molecule has 2 aromatic heterocycles. The summed E-state index contributed by atoms with van der Waals surface area (Å²) in [5.41, 5.74) is 1.89. The van der Waals surface area contributed by atoms with Gasteiger partial charge in [-0.2, -0.15) is 4.98 Å². The highest BCUT2D eigenvalue weighted by Gasteiger charge is 2.18. The van der Waals surface area contributed by atoms with Crippen LogP contribution >= 0.6 is 22.9 Å². The minimum absolute atomic E-state index is 0.168. The fourth-order valence-corrected chi connectivity index (χ4v) is 3.60. The summed E-state index contributed by atoms with van der Waals surface area (Å²) in [6.07, 6.45) is 0.798. The number of benzene rings is 2. The Balaban J connectivity index is 1.52. The monoisotopic (exact) mass is 409 g/mol. The summed E-state index contributed by atoms with van der Waals surface area (Å²) < 4.78 is 5.42. The van der Waals surface area contributed by atoms with E-state index in [-0.39, 0.29) is 5.91 Å². The van der Waals surface area contributed by atoms with E-state index in [1.54, 1.807) is 35.6 Å². The van der Waals surface area contributed by atoms with Crippen molar-refractivity contribution in [3.05, 3.63) is 81.5 Å². The second-order valence-electron chi connectivity index (χ2n) is 6.06. The third kappa shape index (κ3) is 4.13. The summed E-state index contributed by atoms with van der Waals surface area (Å²) in [5, 5.41) is 9.65. The van der Waals surface area contributed by atoms with Gasteiger partial charge in [-0.25, -0.2) is 0 Å². The quantitative estimate of drug-likeness (QED) is 0.481. The first-order valence-corrected chi connectivity index (χ1v) is 9.96. The molecule has 0 saturated heterocycles. The van der Waals surface area contributed by atoms with Crippen LogP contribution in [-0.4, -0.2) is 22.6 Å². The standard InChI is InChI=1S/C21H16ClN3O2S/c22-15-9-7-14(8-10-15)19-24-21(27-25-19)18-6-2-1-5-17(18)20(26)23-12-11-16-4-3-13-28-16/h1-10,13H,11-12H2,(H,23,26). The first kappa shape index (κ1) is 18.4. The summed E-state index contributed by atoms with van der Waals surface area (Å²) in [7, 11) is 0. The Morgan fingerprint density at radius 3 is 2.68 bits per heavy atom. The fourth-order valence-electron chi connectivity index (χ4n) is 2.77. The van der Waals surface area contributed by atoms with Gasteiger partial charge in [0.2, 0.25) is 5.82 Å². The predicted molar refractivity (Wildman–Crippen MR) is 111 cm³/mol. The average Bonchev–Trinajstić information content (AvgIpc) is 3.41. The summed E-state index contributed by atoms with van der Waals surface area (Å²) in [4.78, 5) is 18.3. The van der Waals surface area contributed by atoms with Crippen LogP contribution in [0.5, 0.6) is 0 Å². The SMILES string of the molecule is O=C(NCCc1cccs1)c1ccccc1-c1nc(-c2ccc(Cl)cc2)no1. The van der Waals surface area contributed by atoms with Crippen molar-refractivity contribution in [1.82, 2.24) is 15.5 Å². The van der Waals surface area contributed by atoms with E-state index in [1.165, 1.54) is 4.88 Å². The second kappa shape index (κ2) is 8.37. The van der Waals surface area contributed by atoms with Gasteiger partial charge in [0.15, 0.2) is 0 Å². The van der Waals surface area contributed by atoms with Crippen LogP contribution in [0, 0.1) is 0 Å². The number of nitrogens with one attached hydrogen (secondary N) is 1. The molecule has 0 unspecified atom stereocenters. The molecule has 0 saturated carbocycles. The lowest BCUT2D eigenvalue weighted by atomic mass is 10.1. The summed E-state index contributed by atoms with van der Waals surface area (Å²) in [6, 6.07) is 18.4. The van der Waals surface area contributed by atoms with E-state index in [2.05, 4.69) is 21.5 Å². The first-order chi connectivity index (χ1) is 13.7. The van der Waals surface area contributed by atoms with E-state index in [1.807, 2.05) is 35.7 Å². The van der Waals surface area contributed by atoms with Crippen LogP contribution in [0.3, 0.4) is 0 Å². The number of amides is 1. The van der Waals surface area contributed by atoms with Crippen molar-refractivity contribution >= 4 is 28.8 Å². The van der Waals surface area contributed by atoms with Gasteiger partial charge in [0.25, 0.3) is 11.8 Å². The van der Waals surface area contributed by atoms with E-state index in [0.717, 1.165) is 12.0 Å².